The van der Waals surface area contributed by atoms with E-state index in [4.69, 9.17) is 4.74 Å². The van der Waals surface area contributed by atoms with Gasteiger partial charge in [-0.25, -0.2) is 0 Å². The number of hydrogen-bond acceptors (Lipinski definition) is 4. The van der Waals surface area contributed by atoms with Crippen LogP contribution in [-0.4, -0.2) is 44.1 Å². The molecule has 4 heteroatoms. The van der Waals surface area contributed by atoms with Gasteiger partial charge in [-0.3, -0.25) is 0 Å². The van der Waals surface area contributed by atoms with E-state index < -0.39 is 0 Å². The van der Waals surface area contributed by atoms with Crippen molar-refractivity contribution in [2.24, 2.45) is 0 Å². The van der Waals surface area contributed by atoms with Crippen molar-refractivity contribution in [2.75, 3.05) is 38.3 Å². The molecule has 1 aromatic rings. The maximum atomic E-state index is 9.23. The first-order chi connectivity index (χ1) is 11.2. The predicted molar refractivity (Wildman–Crippen MR) is 95.9 cm³/mol. The van der Waals surface area contributed by atoms with Crippen LogP contribution >= 0.6 is 0 Å². The minimum absolute atomic E-state index is 0.167. The first kappa shape index (κ1) is 18.2. The lowest BCUT2D eigenvalue weighted by molar-refractivity contribution is 0.0970. The van der Waals surface area contributed by atoms with Crippen molar-refractivity contribution >= 4 is 5.69 Å². The first-order valence-corrected chi connectivity index (χ1v) is 8.85. The summed E-state index contributed by atoms with van der Waals surface area (Å²) in [5, 5.41) is 12.8. The summed E-state index contributed by atoms with van der Waals surface area (Å²) < 4.78 is 5.28. The van der Waals surface area contributed by atoms with Crippen LogP contribution in [0.3, 0.4) is 0 Å². The van der Waals surface area contributed by atoms with E-state index in [1.54, 1.807) is 7.11 Å². The molecular formula is C19H32N2O2. The molecule has 1 aromatic carbocycles. The van der Waals surface area contributed by atoms with Crippen molar-refractivity contribution in [1.29, 1.82) is 0 Å². The van der Waals surface area contributed by atoms with Crippen LogP contribution in [0.25, 0.3) is 0 Å². The van der Waals surface area contributed by atoms with E-state index >= 15 is 0 Å². The van der Waals surface area contributed by atoms with Gasteiger partial charge in [-0.2, -0.15) is 0 Å². The number of ether oxygens (including phenoxy) is 1. The number of nitrogens with one attached hydrogen (secondary N) is 1. The number of aliphatic hydroxyl groups is 1. The van der Waals surface area contributed by atoms with Gasteiger partial charge < -0.3 is 20.1 Å². The Labute approximate surface area is 140 Å². The third kappa shape index (κ3) is 5.79. The van der Waals surface area contributed by atoms with Crippen molar-refractivity contribution in [2.45, 2.75) is 51.1 Å². The zero-order valence-corrected chi connectivity index (χ0v) is 14.7. The maximum absolute atomic E-state index is 9.23. The Morgan fingerprint density at radius 1 is 1.13 bits per heavy atom. The highest BCUT2D eigenvalue weighted by Gasteiger charge is 2.22. The Kier molecular flexibility index (Phi) is 7.34. The van der Waals surface area contributed by atoms with Crippen LogP contribution in [0.15, 0.2) is 24.3 Å². The summed E-state index contributed by atoms with van der Waals surface area (Å²) in [5.41, 5.74) is 2.42. The topological polar surface area (TPSA) is 44.7 Å². The lowest BCUT2D eigenvalue weighted by atomic mass is 9.99. The van der Waals surface area contributed by atoms with Gasteiger partial charge in [0.2, 0.25) is 0 Å². The minimum Gasteiger partial charge on any atom is -0.396 e. The molecule has 130 valence electrons. The Hall–Kier alpha value is -1.10. The van der Waals surface area contributed by atoms with Gasteiger partial charge in [0.05, 0.1) is 6.61 Å². The molecule has 1 saturated heterocycles. The average Bonchev–Trinajstić information content (AvgIpc) is 2.83. The van der Waals surface area contributed by atoms with Crippen LogP contribution in [0, 0.1) is 0 Å². The maximum Gasteiger partial charge on any atom is 0.0642 e. The van der Waals surface area contributed by atoms with Crippen LogP contribution < -0.4 is 10.2 Å². The van der Waals surface area contributed by atoms with Crippen LogP contribution in [-0.2, 0) is 11.3 Å². The Morgan fingerprint density at radius 3 is 2.35 bits per heavy atom. The van der Waals surface area contributed by atoms with Crippen molar-refractivity contribution in [1.82, 2.24) is 5.32 Å². The molecule has 1 heterocycles. The summed E-state index contributed by atoms with van der Waals surface area (Å²) in [7, 11) is 1.70. The second kappa shape index (κ2) is 9.26. The molecular weight excluding hydrogens is 288 g/mol. The smallest absolute Gasteiger partial charge is 0.0642 e. The monoisotopic (exact) mass is 320 g/mol. The van der Waals surface area contributed by atoms with Gasteiger partial charge in [0.25, 0.3) is 0 Å². The zero-order chi connectivity index (χ0) is 16.5. The van der Waals surface area contributed by atoms with Gasteiger partial charge in [0.15, 0.2) is 0 Å². The molecule has 0 amide bonds. The zero-order valence-electron chi connectivity index (χ0n) is 14.7. The number of rotatable bonds is 8. The first-order valence-electron chi connectivity index (χ1n) is 8.85. The summed E-state index contributed by atoms with van der Waals surface area (Å²) in [4.78, 5) is 2.50. The lowest BCUT2D eigenvalue weighted by Gasteiger charge is -2.30. The summed E-state index contributed by atoms with van der Waals surface area (Å²) in [6.45, 7) is 6.01. The van der Waals surface area contributed by atoms with Crippen molar-refractivity contribution in [3.8, 4) is 0 Å². The number of nitrogens with zero attached hydrogens (tertiary/aromatic N) is 1. The number of hydrogen-bond donors (Lipinski definition) is 2. The van der Waals surface area contributed by atoms with E-state index in [2.05, 4.69) is 41.4 Å². The molecule has 1 atom stereocenters. The molecule has 0 aromatic heterocycles. The fraction of sp³-hybridized carbons (Fsp3) is 0.684. The number of anilines is 1. The van der Waals surface area contributed by atoms with Crippen molar-refractivity contribution in [3.63, 3.8) is 0 Å². The van der Waals surface area contributed by atoms with Gasteiger partial charge in [0, 0.05) is 44.6 Å². The van der Waals surface area contributed by atoms with Crippen LogP contribution in [0.4, 0.5) is 5.69 Å². The highest BCUT2D eigenvalue weighted by Crippen LogP contribution is 2.20. The van der Waals surface area contributed by atoms with Gasteiger partial charge in [-0.1, -0.05) is 25.0 Å². The van der Waals surface area contributed by atoms with E-state index in [-0.39, 0.29) is 12.1 Å². The summed E-state index contributed by atoms with van der Waals surface area (Å²) in [6.07, 6.45) is 6.02. The summed E-state index contributed by atoms with van der Waals surface area (Å²) >= 11 is 0. The molecule has 1 aliphatic rings. The number of benzene rings is 1. The van der Waals surface area contributed by atoms with Crippen molar-refractivity contribution < 1.29 is 9.84 Å². The molecule has 2 rings (SSSR count). The van der Waals surface area contributed by atoms with Gasteiger partial charge >= 0.3 is 0 Å². The minimum atomic E-state index is -0.188. The van der Waals surface area contributed by atoms with E-state index in [1.165, 1.54) is 50.0 Å². The highest BCUT2D eigenvalue weighted by atomic mass is 16.5. The fourth-order valence-corrected chi connectivity index (χ4v) is 3.25. The van der Waals surface area contributed by atoms with Gasteiger partial charge in [0.1, 0.15) is 0 Å². The molecule has 1 unspecified atom stereocenters. The average molecular weight is 320 g/mol. The molecule has 0 spiro atoms. The third-order valence-electron chi connectivity index (χ3n) is 4.75. The molecule has 4 nitrogen and oxygen atoms in total. The van der Waals surface area contributed by atoms with Gasteiger partial charge in [-0.15, -0.1) is 0 Å². The second-order valence-electron chi connectivity index (χ2n) is 6.89. The molecule has 23 heavy (non-hydrogen) atoms. The van der Waals surface area contributed by atoms with E-state index in [9.17, 15) is 5.11 Å². The molecule has 0 bridgehead atoms. The molecule has 0 aliphatic carbocycles. The van der Waals surface area contributed by atoms with E-state index in [1.807, 2.05) is 0 Å². The van der Waals surface area contributed by atoms with Crippen LogP contribution in [0.1, 0.15) is 44.6 Å². The normalized spacial score (nSPS) is 18.5. The third-order valence-corrected chi connectivity index (χ3v) is 4.75. The summed E-state index contributed by atoms with van der Waals surface area (Å²) in [5.74, 6) is 0. The van der Waals surface area contributed by atoms with Crippen molar-refractivity contribution in [3.05, 3.63) is 29.8 Å². The van der Waals surface area contributed by atoms with E-state index in [0.717, 1.165) is 6.54 Å². The molecule has 0 radical (unpaired) electrons. The Balaban J connectivity index is 1.91. The fourth-order valence-electron chi connectivity index (χ4n) is 3.25. The Bertz CT molecular complexity index is 433. The SMILES string of the molecule is COCC(C)(CCO)NCc1ccc(N2CCCCCC2)cc1. The number of aliphatic hydroxyl groups excluding tert-OH is 1. The largest absolute Gasteiger partial charge is 0.396 e. The summed E-state index contributed by atoms with van der Waals surface area (Å²) in [6, 6.07) is 8.89. The quantitative estimate of drug-likeness (QED) is 0.773. The molecule has 2 N–H and O–H groups in total. The van der Waals surface area contributed by atoms with Gasteiger partial charge in [-0.05, 0) is 43.9 Å². The predicted octanol–water partition coefficient (Wildman–Crippen LogP) is 2.94. The second-order valence-corrected chi connectivity index (χ2v) is 6.89. The molecule has 1 aliphatic heterocycles. The molecule has 1 fully saturated rings. The molecule has 0 saturated carbocycles. The van der Waals surface area contributed by atoms with Crippen LogP contribution in [0.5, 0.6) is 0 Å². The van der Waals surface area contributed by atoms with E-state index in [0.29, 0.717) is 13.0 Å². The number of methoxy groups -OCH3 is 1. The van der Waals surface area contributed by atoms with Crippen LogP contribution in [0.2, 0.25) is 0 Å². The standard InChI is InChI=1S/C19H32N2O2/c1-19(11-14-22,16-23-2)20-15-17-7-9-18(10-8-17)21-12-5-3-4-6-13-21/h7-10,20,22H,3-6,11-16H2,1-2H3. The Morgan fingerprint density at radius 2 is 1.78 bits per heavy atom. The lowest BCUT2D eigenvalue weighted by Crippen LogP contribution is -2.46. The highest BCUT2D eigenvalue weighted by molar-refractivity contribution is 5.47.